The smallest absolute Gasteiger partial charge is 0.491 e. The molecule has 11 rings (SSSR count). The van der Waals surface area contributed by atoms with Crippen molar-refractivity contribution in [2.75, 3.05) is 39.6 Å². The van der Waals surface area contributed by atoms with Gasteiger partial charge < -0.3 is 53.3 Å². The number of benzene rings is 5. The summed E-state index contributed by atoms with van der Waals surface area (Å²) in [6.07, 6.45) is 0. The van der Waals surface area contributed by atoms with Gasteiger partial charge in [0.25, 0.3) is 0 Å². The first kappa shape index (κ1) is 39.0. The molecule has 5 aromatic carbocycles. The standard InChI is InChI=1S/C47H32N8O6.Zn/c56-38-19-17-27-16-18-28(26-37(27)61-38)59-24-22-57-20-21-58-23-25-60-36-15-7-14-35-39(36)47-54-45-34-13-6-5-12-33(34)43(52-45)50-41-30-9-2-1-8-29(30)40(48-41)49-42-31-10-3-4-11-32(31)44(51-42)53-46(35)55-47;/h1-19,26H,20-25H2;/q-2;+2. The number of hydrogen-bond donors (Lipinski definition) is 0. The molecule has 62 heavy (non-hydrogen) atoms. The molecule has 15 heteroatoms. The van der Waals surface area contributed by atoms with Crippen molar-refractivity contribution in [3.63, 3.8) is 0 Å². The van der Waals surface area contributed by atoms with Gasteiger partial charge in [-0.2, -0.15) is 0 Å². The molecule has 0 unspecified atom stereocenters. The predicted molar refractivity (Wildman–Crippen MR) is 229 cm³/mol. The molecule has 2 aliphatic heterocycles. The Morgan fingerprint density at radius 1 is 0.468 bits per heavy atom. The second-order valence-electron chi connectivity index (χ2n) is 14.2. The third kappa shape index (κ3) is 7.36. The van der Waals surface area contributed by atoms with Crippen molar-refractivity contribution < 1.29 is 42.8 Å². The zero-order valence-electron chi connectivity index (χ0n) is 33.0. The van der Waals surface area contributed by atoms with E-state index < -0.39 is 5.63 Å². The second kappa shape index (κ2) is 16.7. The normalized spacial score (nSPS) is 11.7. The minimum atomic E-state index is -0.406. The van der Waals surface area contributed by atoms with Crippen LogP contribution in [0.2, 0.25) is 0 Å². The molecule has 4 aromatic heterocycles. The first-order chi connectivity index (χ1) is 30.1. The molecule has 0 atom stereocenters. The zero-order chi connectivity index (χ0) is 40.7. The molecule has 6 heterocycles. The summed E-state index contributed by atoms with van der Waals surface area (Å²) >= 11 is 0. The van der Waals surface area contributed by atoms with Crippen molar-refractivity contribution in [3.05, 3.63) is 132 Å². The second-order valence-corrected chi connectivity index (χ2v) is 14.2. The Bertz CT molecular complexity index is 3400. The molecule has 0 fully saturated rings. The maximum atomic E-state index is 11.5. The molecule has 0 saturated carbocycles. The van der Waals surface area contributed by atoms with Gasteiger partial charge in [-0.3, -0.25) is 0 Å². The van der Waals surface area contributed by atoms with E-state index in [2.05, 4.69) is 0 Å². The summed E-state index contributed by atoms with van der Waals surface area (Å²) in [4.78, 5) is 51.5. The van der Waals surface area contributed by atoms with Gasteiger partial charge >= 0.3 is 25.1 Å². The van der Waals surface area contributed by atoms with E-state index in [0.717, 1.165) is 43.8 Å². The van der Waals surface area contributed by atoms with E-state index in [1.165, 1.54) is 6.07 Å². The van der Waals surface area contributed by atoms with Crippen LogP contribution in [-0.2, 0) is 29.0 Å². The van der Waals surface area contributed by atoms with Crippen molar-refractivity contribution in [3.8, 4) is 57.1 Å². The average molecular weight is 870 g/mol. The van der Waals surface area contributed by atoms with Gasteiger partial charge in [0.2, 0.25) is 0 Å². The summed E-state index contributed by atoms with van der Waals surface area (Å²) in [6, 6.07) is 37.8. The summed E-state index contributed by atoms with van der Waals surface area (Å²) in [5, 5.41) is 3.95. The van der Waals surface area contributed by atoms with Crippen LogP contribution in [0.3, 0.4) is 0 Å². The van der Waals surface area contributed by atoms with E-state index in [9.17, 15) is 4.79 Å². The van der Waals surface area contributed by atoms with Gasteiger partial charge in [0.1, 0.15) is 30.3 Å². The van der Waals surface area contributed by atoms with Crippen LogP contribution >= 0.6 is 0 Å². The third-order valence-electron chi connectivity index (χ3n) is 10.4. The summed E-state index contributed by atoms with van der Waals surface area (Å²) < 4.78 is 28.9. The number of rotatable bonds is 11. The molecule has 0 saturated heterocycles. The van der Waals surface area contributed by atoms with Crippen LogP contribution in [0.1, 0.15) is 0 Å². The van der Waals surface area contributed by atoms with E-state index in [0.29, 0.717) is 101 Å². The quantitative estimate of drug-likeness (QED) is 0.0702. The monoisotopic (exact) mass is 868 g/mol. The van der Waals surface area contributed by atoms with Crippen molar-refractivity contribution >= 4 is 55.1 Å². The molecule has 8 bridgehead atoms. The summed E-state index contributed by atoms with van der Waals surface area (Å²) in [6.45, 7) is 2.01. The Morgan fingerprint density at radius 3 is 1.56 bits per heavy atom. The van der Waals surface area contributed by atoms with Crippen LogP contribution in [0.25, 0.3) is 101 Å². The van der Waals surface area contributed by atoms with E-state index >= 15 is 0 Å². The van der Waals surface area contributed by atoms with E-state index in [1.54, 1.807) is 12.1 Å². The van der Waals surface area contributed by atoms with Gasteiger partial charge in [0, 0.05) is 67.7 Å². The van der Waals surface area contributed by atoms with Crippen molar-refractivity contribution in [1.82, 2.24) is 39.9 Å². The largest absolute Gasteiger partial charge is 2.00 e. The minimum absolute atomic E-state index is 0. The van der Waals surface area contributed by atoms with Gasteiger partial charge in [0.05, 0.1) is 49.7 Å². The van der Waals surface area contributed by atoms with Gasteiger partial charge in [-0.1, -0.05) is 84.9 Å². The fourth-order valence-electron chi connectivity index (χ4n) is 7.53. The predicted octanol–water partition coefficient (Wildman–Crippen LogP) is 7.72. The summed E-state index contributed by atoms with van der Waals surface area (Å²) in [5.41, 5.74) is 5.23. The van der Waals surface area contributed by atoms with Crippen LogP contribution in [-0.4, -0.2) is 69.5 Å². The summed E-state index contributed by atoms with van der Waals surface area (Å²) in [5.74, 6) is 3.09. The molecule has 298 valence electrons. The number of fused-ring (bicyclic) bond motifs is 21. The third-order valence-corrected chi connectivity index (χ3v) is 10.4. The van der Waals surface area contributed by atoms with Gasteiger partial charge in [-0.15, -0.1) is 0 Å². The molecule has 2 aliphatic rings. The van der Waals surface area contributed by atoms with Crippen LogP contribution in [0.15, 0.2) is 131 Å². The molecule has 0 spiro atoms. The van der Waals surface area contributed by atoms with Crippen LogP contribution in [0.4, 0.5) is 0 Å². The first-order valence-corrected chi connectivity index (χ1v) is 19.7. The minimum Gasteiger partial charge on any atom is -0.491 e. The van der Waals surface area contributed by atoms with Gasteiger partial charge in [-0.25, -0.2) is 14.8 Å². The average Bonchev–Trinajstić information content (AvgIpc) is 4.03. The Labute approximate surface area is 364 Å². The molecule has 9 aromatic rings. The maximum Gasteiger partial charge on any atom is 2.00 e. The van der Waals surface area contributed by atoms with Crippen LogP contribution < -0.4 is 25.1 Å². The van der Waals surface area contributed by atoms with Gasteiger partial charge in [0.15, 0.2) is 0 Å². The van der Waals surface area contributed by atoms with E-state index in [4.69, 9.17) is 63.2 Å². The number of hydrogen-bond acceptors (Lipinski definition) is 12. The number of ether oxygens (including phenoxy) is 4. The van der Waals surface area contributed by atoms with E-state index in [1.807, 2.05) is 103 Å². The fraction of sp³-hybridized carbons (Fsp3) is 0.128. The topological polar surface area (TPSA) is 173 Å². The maximum absolute atomic E-state index is 11.5. The Kier molecular flexibility index (Phi) is 10.5. The van der Waals surface area contributed by atoms with Crippen molar-refractivity contribution in [1.29, 1.82) is 0 Å². The van der Waals surface area contributed by atoms with E-state index in [-0.39, 0.29) is 26.1 Å². The Balaban J connectivity index is 0.00000458. The molecular formula is C47H32N8O6Zn. The Hall–Kier alpha value is -7.19. The van der Waals surface area contributed by atoms with Crippen LogP contribution in [0, 0.1) is 0 Å². The number of aromatic nitrogens is 8. The number of nitrogens with zero attached hydrogens (tertiary/aromatic N) is 8. The fourth-order valence-corrected chi connectivity index (χ4v) is 7.53. The Morgan fingerprint density at radius 2 is 0.952 bits per heavy atom. The summed E-state index contributed by atoms with van der Waals surface area (Å²) in [7, 11) is 0. The molecule has 0 aliphatic carbocycles. The van der Waals surface area contributed by atoms with Gasteiger partial charge in [-0.05, 0) is 40.4 Å². The first-order valence-electron chi connectivity index (χ1n) is 19.7. The molecule has 14 nitrogen and oxygen atoms in total. The molecule has 0 radical (unpaired) electrons. The van der Waals surface area contributed by atoms with Crippen molar-refractivity contribution in [2.24, 2.45) is 0 Å². The SMILES string of the molecule is O=c1ccc2ccc(OCCOCCOCCOc3cccc4c5nc6nc(nc7[n-]c(nc8nc(nc([n-]5)c34)-c3ccccc3-8)c3ccccc73)-c3ccccc3-6)cc2o1.[Zn+2]. The molecular weight excluding hydrogens is 838 g/mol. The zero-order valence-corrected chi connectivity index (χ0v) is 36.0. The molecule has 0 amide bonds. The molecule has 0 N–H and O–H groups in total. The van der Waals surface area contributed by atoms with Crippen molar-refractivity contribution in [2.45, 2.75) is 0 Å². The van der Waals surface area contributed by atoms with Crippen LogP contribution in [0.5, 0.6) is 11.5 Å².